The van der Waals surface area contributed by atoms with Crippen molar-refractivity contribution in [2.24, 2.45) is 5.92 Å². The van der Waals surface area contributed by atoms with Gasteiger partial charge in [0.2, 0.25) is 21.8 Å². The predicted molar refractivity (Wildman–Crippen MR) is 121 cm³/mol. The lowest BCUT2D eigenvalue weighted by molar-refractivity contribution is -0.122. The van der Waals surface area contributed by atoms with Crippen molar-refractivity contribution in [3.63, 3.8) is 0 Å². The molecule has 0 spiro atoms. The Hall–Kier alpha value is -3.24. The van der Waals surface area contributed by atoms with Crippen LogP contribution in [0.3, 0.4) is 0 Å². The van der Waals surface area contributed by atoms with Gasteiger partial charge >= 0.3 is 0 Å². The number of hydrogen-bond acceptors (Lipinski definition) is 5. The lowest BCUT2D eigenvalue weighted by Crippen LogP contribution is -2.49. The van der Waals surface area contributed by atoms with Crippen molar-refractivity contribution in [1.82, 2.24) is 9.62 Å². The standard InChI is InChI=1S/C22H26N4O5S/c1-14(2)21(28)24-17-7-4-15(3)19(12-17)25-22(29)16-5-8-18(9-6-16)32(30,31)26-11-10-23-20(27)13-26/h4-9,12,14H,10-11,13H2,1-3H3,(H,23,27)(H,24,28)(H,25,29). The zero-order valence-electron chi connectivity index (χ0n) is 18.1. The highest BCUT2D eigenvalue weighted by atomic mass is 32.2. The van der Waals surface area contributed by atoms with Gasteiger partial charge in [-0.3, -0.25) is 14.4 Å². The smallest absolute Gasteiger partial charge is 0.255 e. The number of carbonyl (C=O) groups excluding carboxylic acids is 3. The molecule has 3 rings (SSSR count). The zero-order chi connectivity index (χ0) is 23.5. The molecule has 10 heteroatoms. The van der Waals surface area contributed by atoms with Crippen LogP contribution in [0.15, 0.2) is 47.4 Å². The number of aryl methyl sites for hydroxylation is 1. The fourth-order valence-electron chi connectivity index (χ4n) is 3.06. The normalized spacial score (nSPS) is 14.7. The van der Waals surface area contributed by atoms with E-state index in [1.54, 1.807) is 32.0 Å². The fourth-order valence-corrected chi connectivity index (χ4v) is 4.46. The first kappa shape index (κ1) is 23.4. The molecule has 2 aromatic carbocycles. The molecule has 3 N–H and O–H groups in total. The third kappa shape index (κ3) is 5.32. The maximum Gasteiger partial charge on any atom is 0.255 e. The Morgan fingerprint density at radius 3 is 2.38 bits per heavy atom. The molecule has 9 nitrogen and oxygen atoms in total. The van der Waals surface area contributed by atoms with Gasteiger partial charge in [-0.1, -0.05) is 19.9 Å². The van der Waals surface area contributed by atoms with E-state index in [4.69, 9.17) is 0 Å². The van der Waals surface area contributed by atoms with Crippen LogP contribution in [0.4, 0.5) is 11.4 Å². The number of sulfonamides is 1. The summed E-state index contributed by atoms with van der Waals surface area (Å²) in [6, 6.07) is 10.8. The van der Waals surface area contributed by atoms with Gasteiger partial charge in [0.25, 0.3) is 5.91 Å². The molecule has 2 aromatic rings. The van der Waals surface area contributed by atoms with Crippen molar-refractivity contribution in [3.8, 4) is 0 Å². The number of nitrogens with zero attached hydrogens (tertiary/aromatic N) is 1. The van der Waals surface area contributed by atoms with Crippen molar-refractivity contribution in [2.75, 3.05) is 30.3 Å². The van der Waals surface area contributed by atoms with E-state index in [9.17, 15) is 22.8 Å². The maximum absolute atomic E-state index is 12.7. The summed E-state index contributed by atoms with van der Waals surface area (Å²) in [5.41, 5.74) is 2.18. The van der Waals surface area contributed by atoms with Crippen LogP contribution < -0.4 is 16.0 Å². The number of nitrogens with one attached hydrogen (secondary N) is 3. The number of hydrogen-bond donors (Lipinski definition) is 3. The van der Waals surface area contributed by atoms with Crippen LogP contribution in [-0.2, 0) is 19.6 Å². The summed E-state index contributed by atoms with van der Waals surface area (Å²) >= 11 is 0. The molecule has 0 aliphatic carbocycles. The van der Waals surface area contributed by atoms with E-state index in [2.05, 4.69) is 16.0 Å². The van der Waals surface area contributed by atoms with Crippen molar-refractivity contribution >= 4 is 39.1 Å². The van der Waals surface area contributed by atoms with Gasteiger partial charge in [0.15, 0.2) is 0 Å². The minimum Gasteiger partial charge on any atom is -0.354 e. The maximum atomic E-state index is 12.7. The lowest BCUT2D eigenvalue weighted by atomic mass is 10.1. The topological polar surface area (TPSA) is 125 Å². The second-order valence-corrected chi connectivity index (χ2v) is 9.78. The largest absolute Gasteiger partial charge is 0.354 e. The molecule has 0 aromatic heterocycles. The quantitative estimate of drug-likeness (QED) is 0.610. The molecule has 0 atom stereocenters. The number of anilines is 2. The summed E-state index contributed by atoms with van der Waals surface area (Å²) < 4.78 is 26.6. The highest BCUT2D eigenvalue weighted by molar-refractivity contribution is 7.89. The third-order valence-electron chi connectivity index (χ3n) is 5.04. The first-order valence-corrected chi connectivity index (χ1v) is 11.6. The van der Waals surface area contributed by atoms with E-state index >= 15 is 0 Å². The molecular weight excluding hydrogens is 432 g/mol. The van der Waals surface area contributed by atoms with Gasteiger partial charge in [-0.05, 0) is 48.9 Å². The number of benzene rings is 2. The van der Waals surface area contributed by atoms with Crippen LogP contribution in [0, 0.1) is 12.8 Å². The van der Waals surface area contributed by atoms with Crippen LogP contribution in [0.25, 0.3) is 0 Å². The van der Waals surface area contributed by atoms with Crippen molar-refractivity contribution < 1.29 is 22.8 Å². The highest BCUT2D eigenvalue weighted by Crippen LogP contribution is 2.22. The van der Waals surface area contributed by atoms with E-state index in [0.29, 0.717) is 11.4 Å². The second kappa shape index (κ2) is 9.49. The van der Waals surface area contributed by atoms with Crippen LogP contribution in [0.1, 0.15) is 29.8 Å². The molecule has 0 saturated carbocycles. The summed E-state index contributed by atoms with van der Waals surface area (Å²) in [6.07, 6.45) is 0. The zero-order valence-corrected chi connectivity index (χ0v) is 19.0. The summed E-state index contributed by atoms with van der Waals surface area (Å²) in [5.74, 6) is -1.07. The minimum absolute atomic E-state index is 0.0123. The van der Waals surface area contributed by atoms with E-state index in [-0.39, 0.29) is 47.8 Å². The lowest BCUT2D eigenvalue weighted by Gasteiger charge is -2.25. The minimum atomic E-state index is -3.83. The molecule has 1 aliphatic rings. The molecule has 3 amide bonds. The van der Waals surface area contributed by atoms with E-state index in [1.807, 2.05) is 6.92 Å². The van der Waals surface area contributed by atoms with Crippen molar-refractivity contribution in [3.05, 3.63) is 53.6 Å². The Bertz CT molecular complexity index is 1140. The Labute approximate surface area is 187 Å². The average molecular weight is 459 g/mol. The number of piperazine rings is 1. The Balaban J connectivity index is 1.74. The Morgan fingerprint density at radius 1 is 1.06 bits per heavy atom. The van der Waals surface area contributed by atoms with Gasteiger partial charge < -0.3 is 16.0 Å². The third-order valence-corrected chi connectivity index (χ3v) is 6.89. The summed E-state index contributed by atoms with van der Waals surface area (Å²) in [6.45, 7) is 5.63. The molecule has 0 bridgehead atoms. The summed E-state index contributed by atoms with van der Waals surface area (Å²) in [7, 11) is -3.83. The van der Waals surface area contributed by atoms with E-state index in [1.165, 1.54) is 24.3 Å². The van der Waals surface area contributed by atoms with Crippen LogP contribution in [0.2, 0.25) is 0 Å². The van der Waals surface area contributed by atoms with Gasteiger partial charge in [0.05, 0.1) is 11.4 Å². The number of amides is 3. The molecule has 170 valence electrons. The highest BCUT2D eigenvalue weighted by Gasteiger charge is 2.29. The molecule has 1 saturated heterocycles. The molecule has 0 unspecified atom stereocenters. The van der Waals surface area contributed by atoms with E-state index in [0.717, 1.165) is 9.87 Å². The van der Waals surface area contributed by atoms with Gasteiger partial charge in [-0.15, -0.1) is 0 Å². The number of carbonyl (C=O) groups is 3. The Morgan fingerprint density at radius 2 is 1.75 bits per heavy atom. The summed E-state index contributed by atoms with van der Waals surface area (Å²) in [4.78, 5) is 36.2. The van der Waals surface area contributed by atoms with Crippen molar-refractivity contribution in [2.45, 2.75) is 25.7 Å². The van der Waals surface area contributed by atoms with Gasteiger partial charge in [0.1, 0.15) is 0 Å². The molecular formula is C22H26N4O5S. The predicted octanol–water partition coefficient (Wildman–Crippen LogP) is 1.96. The van der Waals surface area contributed by atoms with Crippen LogP contribution >= 0.6 is 0 Å². The number of rotatable bonds is 6. The monoisotopic (exact) mass is 458 g/mol. The van der Waals surface area contributed by atoms with Crippen LogP contribution in [-0.4, -0.2) is 50.1 Å². The Kier molecular flexibility index (Phi) is 6.95. The van der Waals surface area contributed by atoms with E-state index < -0.39 is 15.9 Å². The SMILES string of the molecule is Cc1ccc(NC(=O)C(C)C)cc1NC(=O)c1ccc(S(=O)(=O)N2CCNC(=O)C2)cc1. The first-order chi connectivity index (χ1) is 15.1. The van der Waals surface area contributed by atoms with Crippen molar-refractivity contribution in [1.29, 1.82) is 0 Å². The molecule has 1 aliphatic heterocycles. The summed E-state index contributed by atoms with van der Waals surface area (Å²) in [5, 5.41) is 8.17. The fraction of sp³-hybridized carbons (Fsp3) is 0.318. The molecule has 0 radical (unpaired) electrons. The molecule has 1 fully saturated rings. The van der Waals surface area contributed by atoms with Gasteiger partial charge in [-0.2, -0.15) is 4.31 Å². The average Bonchev–Trinajstić information content (AvgIpc) is 2.76. The second-order valence-electron chi connectivity index (χ2n) is 7.84. The van der Waals surface area contributed by atoms with Gasteiger partial charge in [0, 0.05) is 35.9 Å². The first-order valence-electron chi connectivity index (χ1n) is 10.2. The molecule has 1 heterocycles. The van der Waals surface area contributed by atoms with Crippen LogP contribution in [0.5, 0.6) is 0 Å². The molecule has 32 heavy (non-hydrogen) atoms. The van der Waals surface area contributed by atoms with Gasteiger partial charge in [-0.25, -0.2) is 8.42 Å².